The van der Waals surface area contributed by atoms with Crippen LogP contribution in [0, 0.1) is 5.82 Å². The number of hydrogen-bond donors (Lipinski definition) is 1. The lowest BCUT2D eigenvalue weighted by atomic mass is 10.1. The van der Waals surface area contributed by atoms with Crippen LogP contribution in [-0.4, -0.2) is 0 Å². The third-order valence-electron chi connectivity index (χ3n) is 2.42. The lowest BCUT2D eigenvalue weighted by Crippen LogP contribution is -2.08. The first kappa shape index (κ1) is 12.1. The Morgan fingerprint density at radius 1 is 1.41 bits per heavy atom. The molecule has 2 nitrogen and oxygen atoms in total. The van der Waals surface area contributed by atoms with E-state index in [0.29, 0.717) is 12.4 Å². The summed E-state index contributed by atoms with van der Waals surface area (Å²) in [4.78, 5) is 1.10. The van der Waals surface area contributed by atoms with E-state index in [0.717, 1.165) is 10.4 Å². The van der Waals surface area contributed by atoms with E-state index >= 15 is 0 Å². The molecule has 4 heteroatoms. The maximum atomic E-state index is 13.2. The van der Waals surface area contributed by atoms with Crippen molar-refractivity contribution in [3.8, 4) is 5.75 Å². The molecule has 2 rings (SSSR count). The highest BCUT2D eigenvalue weighted by Crippen LogP contribution is 2.26. The maximum absolute atomic E-state index is 13.2. The van der Waals surface area contributed by atoms with Gasteiger partial charge in [0.25, 0.3) is 0 Å². The summed E-state index contributed by atoms with van der Waals surface area (Å²) in [5.74, 6) is 0.212. The van der Waals surface area contributed by atoms with Crippen molar-refractivity contribution in [1.29, 1.82) is 0 Å². The summed E-state index contributed by atoms with van der Waals surface area (Å²) in [5, 5.41) is 1.98. The standard InChI is InChI=1S/C13H14FNOS/c1-9(15)12-5-4-10(14)7-13(12)16-8-11-3-2-6-17-11/h2-7,9H,8,15H2,1H3/t9-/m0/s1. The molecule has 2 aromatic rings. The minimum absolute atomic E-state index is 0.172. The minimum Gasteiger partial charge on any atom is -0.488 e. The van der Waals surface area contributed by atoms with Crippen molar-refractivity contribution < 1.29 is 9.13 Å². The van der Waals surface area contributed by atoms with Gasteiger partial charge >= 0.3 is 0 Å². The Morgan fingerprint density at radius 2 is 2.24 bits per heavy atom. The third kappa shape index (κ3) is 3.05. The second kappa shape index (κ2) is 5.29. The first-order valence-corrected chi connectivity index (χ1v) is 6.25. The molecule has 0 saturated carbocycles. The SMILES string of the molecule is C[C@H](N)c1ccc(F)cc1OCc1cccs1. The molecule has 1 aromatic carbocycles. The van der Waals surface area contributed by atoms with Crippen molar-refractivity contribution in [3.63, 3.8) is 0 Å². The molecule has 1 aromatic heterocycles. The fourth-order valence-electron chi connectivity index (χ4n) is 1.55. The lowest BCUT2D eigenvalue weighted by molar-refractivity contribution is 0.303. The van der Waals surface area contributed by atoms with E-state index in [-0.39, 0.29) is 11.9 Å². The van der Waals surface area contributed by atoms with Gasteiger partial charge < -0.3 is 10.5 Å². The molecular weight excluding hydrogens is 237 g/mol. The van der Waals surface area contributed by atoms with Gasteiger partial charge in [0.15, 0.2) is 0 Å². The predicted octanol–water partition coefficient (Wildman–Crippen LogP) is 3.49. The molecular formula is C13H14FNOS. The second-order valence-electron chi connectivity index (χ2n) is 3.84. The molecule has 0 amide bonds. The fourth-order valence-corrected chi connectivity index (χ4v) is 2.17. The first-order chi connectivity index (χ1) is 8.16. The Labute approximate surface area is 104 Å². The number of thiophene rings is 1. The largest absolute Gasteiger partial charge is 0.488 e. The molecule has 1 atom stereocenters. The van der Waals surface area contributed by atoms with Crippen LogP contribution < -0.4 is 10.5 Å². The number of ether oxygens (including phenoxy) is 1. The van der Waals surface area contributed by atoms with Crippen LogP contribution in [0.3, 0.4) is 0 Å². The Kier molecular flexibility index (Phi) is 3.76. The van der Waals surface area contributed by atoms with Crippen LogP contribution in [0.15, 0.2) is 35.7 Å². The van der Waals surface area contributed by atoms with Gasteiger partial charge in [0, 0.05) is 22.5 Å². The van der Waals surface area contributed by atoms with E-state index in [1.807, 2.05) is 24.4 Å². The molecule has 0 fully saturated rings. The van der Waals surface area contributed by atoms with Crippen LogP contribution in [-0.2, 0) is 6.61 Å². The maximum Gasteiger partial charge on any atom is 0.127 e. The summed E-state index contributed by atoms with van der Waals surface area (Å²) in [5.41, 5.74) is 6.64. The molecule has 0 saturated heterocycles. The summed E-state index contributed by atoms with van der Waals surface area (Å²) in [6.45, 7) is 2.30. The Bertz CT molecular complexity index is 482. The van der Waals surface area contributed by atoms with Crippen molar-refractivity contribution >= 4 is 11.3 Å². The molecule has 1 heterocycles. The molecule has 0 aliphatic heterocycles. The van der Waals surface area contributed by atoms with Gasteiger partial charge in [-0.2, -0.15) is 0 Å². The van der Waals surface area contributed by atoms with Gasteiger partial charge in [-0.05, 0) is 24.4 Å². The van der Waals surface area contributed by atoms with Crippen LogP contribution in [0.2, 0.25) is 0 Å². The predicted molar refractivity (Wildman–Crippen MR) is 67.7 cm³/mol. The molecule has 0 aliphatic rings. The number of nitrogens with two attached hydrogens (primary N) is 1. The average Bonchev–Trinajstić information content (AvgIpc) is 2.78. The van der Waals surface area contributed by atoms with Crippen LogP contribution in [0.5, 0.6) is 5.75 Å². The van der Waals surface area contributed by atoms with E-state index in [1.54, 1.807) is 17.4 Å². The summed E-state index contributed by atoms with van der Waals surface area (Å²) < 4.78 is 18.8. The molecule has 17 heavy (non-hydrogen) atoms. The first-order valence-electron chi connectivity index (χ1n) is 5.37. The third-order valence-corrected chi connectivity index (χ3v) is 3.27. The Hall–Kier alpha value is -1.39. The van der Waals surface area contributed by atoms with Gasteiger partial charge in [-0.25, -0.2) is 4.39 Å². The van der Waals surface area contributed by atoms with Crippen LogP contribution >= 0.6 is 11.3 Å². The zero-order valence-electron chi connectivity index (χ0n) is 9.52. The van der Waals surface area contributed by atoms with Gasteiger partial charge in [-0.3, -0.25) is 0 Å². The zero-order chi connectivity index (χ0) is 12.3. The normalized spacial score (nSPS) is 12.4. The molecule has 90 valence electrons. The van der Waals surface area contributed by atoms with Crippen molar-refractivity contribution in [1.82, 2.24) is 0 Å². The molecule has 2 N–H and O–H groups in total. The van der Waals surface area contributed by atoms with Gasteiger partial charge in [0.05, 0.1) is 0 Å². The van der Waals surface area contributed by atoms with E-state index < -0.39 is 0 Å². The lowest BCUT2D eigenvalue weighted by Gasteiger charge is -2.13. The summed E-state index contributed by atoms with van der Waals surface area (Å²) in [6, 6.07) is 8.22. The highest BCUT2D eigenvalue weighted by molar-refractivity contribution is 7.09. The van der Waals surface area contributed by atoms with Crippen molar-refractivity contribution in [3.05, 3.63) is 52.0 Å². The van der Waals surface area contributed by atoms with Crippen molar-refractivity contribution in [2.45, 2.75) is 19.6 Å². The fraction of sp³-hybridized carbons (Fsp3) is 0.231. The van der Waals surface area contributed by atoms with E-state index in [2.05, 4.69) is 0 Å². The smallest absolute Gasteiger partial charge is 0.127 e. The minimum atomic E-state index is -0.310. The van der Waals surface area contributed by atoms with Gasteiger partial charge in [-0.15, -0.1) is 11.3 Å². The van der Waals surface area contributed by atoms with Gasteiger partial charge in [0.2, 0.25) is 0 Å². The number of halogens is 1. The molecule has 0 unspecified atom stereocenters. The summed E-state index contributed by atoms with van der Waals surface area (Å²) in [6.07, 6.45) is 0. The summed E-state index contributed by atoms with van der Waals surface area (Å²) >= 11 is 1.61. The van der Waals surface area contributed by atoms with Crippen molar-refractivity contribution in [2.24, 2.45) is 5.73 Å². The van der Waals surface area contributed by atoms with Gasteiger partial charge in [0.1, 0.15) is 18.2 Å². The zero-order valence-corrected chi connectivity index (χ0v) is 10.3. The van der Waals surface area contributed by atoms with Crippen LogP contribution in [0.1, 0.15) is 23.4 Å². The van der Waals surface area contributed by atoms with E-state index in [9.17, 15) is 4.39 Å². The van der Waals surface area contributed by atoms with Crippen molar-refractivity contribution in [2.75, 3.05) is 0 Å². The molecule has 0 bridgehead atoms. The van der Waals surface area contributed by atoms with Crippen LogP contribution in [0.4, 0.5) is 4.39 Å². The molecule has 0 radical (unpaired) electrons. The Balaban J connectivity index is 2.16. The topological polar surface area (TPSA) is 35.2 Å². The summed E-state index contributed by atoms with van der Waals surface area (Å²) in [7, 11) is 0. The van der Waals surface area contributed by atoms with E-state index in [1.165, 1.54) is 12.1 Å². The molecule has 0 spiro atoms. The highest BCUT2D eigenvalue weighted by Gasteiger charge is 2.09. The monoisotopic (exact) mass is 251 g/mol. The quantitative estimate of drug-likeness (QED) is 0.902. The second-order valence-corrected chi connectivity index (χ2v) is 4.87. The number of hydrogen-bond acceptors (Lipinski definition) is 3. The average molecular weight is 251 g/mol. The van der Waals surface area contributed by atoms with Crippen LogP contribution in [0.25, 0.3) is 0 Å². The number of benzene rings is 1. The van der Waals surface area contributed by atoms with E-state index in [4.69, 9.17) is 10.5 Å². The number of rotatable bonds is 4. The van der Waals surface area contributed by atoms with Gasteiger partial charge in [-0.1, -0.05) is 12.1 Å². The molecule has 0 aliphatic carbocycles. The Morgan fingerprint density at radius 3 is 2.88 bits per heavy atom. The highest BCUT2D eigenvalue weighted by atomic mass is 32.1.